The van der Waals surface area contributed by atoms with Gasteiger partial charge in [-0.25, -0.2) is 0 Å². The lowest BCUT2D eigenvalue weighted by molar-refractivity contribution is -0.142. The Morgan fingerprint density at radius 3 is 1.95 bits per heavy atom. The molecule has 0 saturated carbocycles. The highest BCUT2D eigenvalue weighted by Crippen LogP contribution is 2.03. The van der Waals surface area contributed by atoms with Crippen LogP contribution in [-0.2, 0) is 19.2 Å². The van der Waals surface area contributed by atoms with Crippen LogP contribution in [0.3, 0.4) is 0 Å². The van der Waals surface area contributed by atoms with Crippen LogP contribution in [0.5, 0.6) is 0 Å². The number of aliphatic carboxylic acids is 2. The smallest absolute Gasteiger partial charge is 0.325 e. The standard InChI is InChI=1S/C13H23N3O6/c1-6(2)10(14)12(20)16-8(4-5-9(17)18)11(19)15-7(3)13(21)22/h6-8,10H,4-5,14H2,1-3H3,(H,15,19)(H,16,20)(H,17,18)(H,21,22). The summed E-state index contributed by atoms with van der Waals surface area (Å²) in [4.78, 5) is 45.2. The van der Waals surface area contributed by atoms with E-state index < -0.39 is 41.9 Å². The first-order valence-corrected chi connectivity index (χ1v) is 6.87. The van der Waals surface area contributed by atoms with Crippen molar-refractivity contribution in [2.24, 2.45) is 11.7 Å². The summed E-state index contributed by atoms with van der Waals surface area (Å²) >= 11 is 0. The van der Waals surface area contributed by atoms with Crippen LogP contribution >= 0.6 is 0 Å². The van der Waals surface area contributed by atoms with Gasteiger partial charge in [-0.2, -0.15) is 0 Å². The molecule has 126 valence electrons. The van der Waals surface area contributed by atoms with Gasteiger partial charge in [0.05, 0.1) is 6.04 Å². The highest BCUT2D eigenvalue weighted by atomic mass is 16.4. The quantitative estimate of drug-likeness (QED) is 0.361. The van der Waals surface area contributed by atoms with Gasteiger partial charge in [0.1, 0.15) is 12.1 Å². The van der Waals surface area contributed by atoms with Crippen molar-refractivity contribution in [3.8, 4) is 0 Å². The predicted molar refractivity (Wildman–Crippen MR) is 76.9 cm³/mol. The fraction of sp³-hybridized carbons (Fsp3) is 0.692. The predicted octanol–water partition coefficient (Wildman–Crippen LogP) is -1.09. The molecule has 0 spiro atoms. The van der Waals surface area contributed by atoms with Crippen molar-refractivity contribution in [2.75, 3.05) is 0 Å². The number of carboxylic acids is 2. The van der Waals surface area contributed by atoms with E-state index in [0.717, 1.165) is 0 Å². The van der Waals surface area contributed by atoms with Gasteiger partial charge < -0.3 is 26.6 Å². The van der Waals surface area contributed by atoms with Gasteiger partial charge in [-0.3, -0.25) is 19.2 Å². The molecule has 0 heterocycles. The SMILES string of the molecule is CC(NC(=O)C(CCC(=O)O)NC(=O)C(N)C(C)C)C(=O)O. The van der Waals surface area contributed by atoms with E-state index in [2.05, 4.69) is 10.6 Å². The van der Waals surface area contributed by atoms with E-state index in [9.17, 15) is 19.2 Å². The van der Waals surface area contributed by atoms with Crippen LogP contribution in [0, 0.1) is 5.92 Å². The van der Waals surface area contributed by atoms with Crippen molar-refractivity contribution in [1.82, 2.24) is 10.6 Å². The molecular weight excluding hydrogens is 294 g/mol. The zero-order valence-electron chi connectivity index (χ0n) is 12.8. The van der Waals surface area contributed by atoms with Crippen molar-refractivity contribution in [3.05, 3.63) is 0 Å². The summed E-state index contributed by atoms with van der Waals surface area (Å²) in [5.74, 6) is -3.90. The molecule has 3 atom stereocenters. The van der Waals surface area contributed by atoms with Crippen LogP contribution in [0.15, 0.2) is 0 Å². The number of hydrogen-bond acceptors (Lipinski definition) is 5. The van der Waals surface area contributed by atoms with E-state index in [-0.39, 0.29) is 18.8 Å². The molecule has 0 aromatic heterocycles. The first kappa shape index (κ1) is 19.8. The molecule has 0 aromatic rings. The van der Waals surface area contributed by atoms with Crippen molar-refractivity contribution in [1.29, 1.82) is 0 Å². The average molecular weight is 317 g/mol. The summed E-state index contributed by atoms with van der Waals surface area (Å²) in [5.41, 5.74) is 5.66. The third kappa shape index (κ3) is 7.02. The van der Waals surface area contributed by atoms with Crippen LogP contribution in [0.2, 0.25) is 0 Å². The number of rotatable bonds is 9. The fourth-order valence-corrected chi connectivity index (χ4v) is 1.48. The molecule has 0 aliphatic heterocycles. The molecule has 6 N–H and O–H groups in total. The van der Waals surface area contributed by atoms with E-state index in [0.29, 0.717) is 0 Å². The van der Waals surface area contributed by atoms with Gasteiger partial charge in [-0.1, -0.05) is 13.8 Å². The van der Waals surface area contributed by atoms with Crippen molar-refractivity contribution < 1.29 is 29.4 Å². The minimum atomic E-state index is -1.24. The molecule has 0 aliphatic rings. The molecule has 9 nitrogen and oxygen atoms in total. The molecule has 0 aromatic carbocycles. The Bertz CT molecular complexity index is 437. The normalized spacial score (nSPS) is 14.8. The number of nitrogens with two attached hydrogens (primary N) is 1. The topological polar surface area (TPSA) is 159 Å². The number of amides is 2. The maximum absolute atomic E-state index is 12.0. The molecule has 9 heteroatoms. The van der Waals surface area contributed by atoms with Crippen molar-refractivity contribution in [2.45, 2.75) is 51.7 Å². The van der Waals surface area contributed by atoms with Crippen LogP contribution in [-0.4, -0.2) is 52.1 Å². The molecule has 22 heavy (non-hydrogen) atoms. The van der Waals surface area contributed by atoms with Gasteiger partial charge in [0.2, 0.25) is 11.8 Å². The molecule has 3 unspecified atom stereocenters. The number of carbonyl (C=O) groups is 4. The summed E-state index contributed by atoms with van der Waals surface area (Å²) in [6.07, 6.45) is -0.513. The Hall–Kier alpha value is -2.16. The zero-order chi connectivity index (χ0) is 17.4. The molecule has 0 aliphatic carbocycles. The Labute approximate surface area is 128 Å². The Morgan fingerprint density at radius 2 is 1.55 bits per heavy atom. The minimum absolute atomic E-state index is 0.163. The Kier molecular flexibility index (Phi) is 8.10. The number of carbonyl (C=O) groups excluding carboxylic acids is 2. The Balaban J connectivity index is 4.88. The van der Waals surface area contributed by atoms with Crippen LogP contribution in [0.1, 0.15) is 33.6 Å². The second kappa shape index (κ2) is 8.98. The summed E-state index contributed by atoms with van der Waals surface area (Å²) < 4.78 is 0. The average Bonchev–Trinajstić information content (AvgIpc) is 2.41. The van der Waals surface area contributed by atoms with E-state index in [1.54, 1.807) is 13.8 Å². The van der Waals surface area contributed by atoms with Gasteiger partial charge in [0.25, 0.3) is 0 Å². The van der Waals surface area contributed by atoms with E-state index in [1.807, 2.05) is 0 Å². The third-order valence-corrected chi connectivity index (χ3v) is 3.03. The van der Waals surface area contributed by atoms with Gasteiger partial charge in [-0.05, 0) is 19.3 Å². The third-order valence-electron chi connectivity index (χ3n) is 3.03. The second-order valence-corrected chi connectivity index (χ2v) is 5.33. The molecule has 0 saturated heterocycles. The lowest BCUT2D eigenvalue weighted by Crippen LogP contribution is -2.54. The summed E-state index contributed by atoms with van der Waals surface area (Å²) in [7, 11) is 0. The lowest BCUT2D eigenvalue weighted by Gasteiger charge is -2.22. The fourth-order valence-electron chi connectivity index (χ4n) is 1.48. The van der Waals surface area contributed by atoms with Crippen LogP contribution in [0.25, 0.3) is 0 Å². The zero-order valence-corrected chi connectivity index (χ0v) is 12.8. The first-order valence-electron chi connectivity index (χ1n) is 6.87. The maximum atomic E-state index is 12.0. The largest absolute Gasteiger partial charge is 0.481 e. The van der Waals surface area contributed by atoms with Crippen molar-refractivity contribution >= 4 is 23.8 Å². The summed E-state index contributed by atoms with van der Waals surface area (Å²) in [6.45, 7) is 4.71. The molecule has 0 rings (SSSR count). The lowest BCUT2D eigenvalue weighted by atomic mass is 10.0. The second-order valence-electron chi connectivity index (χ2n) is 5.33. The first-order chi connectivity index (χ1) is 10.1. The number of nitrogens with one attached hydrogen (secondary N) is 2. The van der Waals surface area contributed by atoms with Gasteiger partial charge in [0, 0.05) is 6.42 Å². The molecular formula is C13H23N3O6. The summed E-state index contributed by atoms with van der Waals surface area (Å²) in [5, 5.41) is 22.0. The van der Waals surface area contributed by atoms with E-state index in [4.69, 9.17) is 15.9 Å². The summed E-state index contributed by atoms with van der Waals surface area (Å²) in [6, 6.07) is -3.16. The van der Waals surface area contributed by atoms with E-state index in [1.165, 1.54) is 6.92 Å². The monoisotopic (exact) mass is 317 g/mol. The highest BCUT2D eigenvalue weighted by molar-refractivity contribution is 5.92. The van der Waals surface area contributed by atoms with E-state index >= 15 is 0 Å². The molecule has 0 radical (unpaired) electrons. The minimum Gasteiger partial charge on any atom is -0.481 e. The van der Waals surface area contributed by atoms with Gasteiger partial charge in [-0.15, -0.1) is 0 Å². The molecule has 0 fully saturated rings. The number of hydrogen-bond donors (Lipinski definition) is 5. The van der Waals surface area contributed by atoms with Gasteiger partial charge >= 0.3 is 11.9 Å². The number of carboxylic acid groups (broad SMARTS) is 2. The highest BCUT2D eigenvalue weighted by Gasteiger charge is 2.27. The maximum Gasteiger partial charge on any atom is 0.325 e. The molecule has 0 bridgehead atoms. The Morgan fingerprint density at radius 1 is 1.00 bits per heavy atom. The van der Waals surface area contributed by atoms with Gasteiger partial charge in [0.15, 0.2) is 0 Å². The van der Waals surface area contributed by atoms with Crippen LogP contribution < -0.4 is 16.4 Å². The van der Waals surface area contributed by atoms with Crippen molar-refractivity contribution in [3.63, 3.8) is 0 Å². The van der Waals surface area contributed by atoms with Crippen LogP contribution in [0.4, 0.5) is 0 Å². The molecule has 2 amide bonds.